The van der Waals surface area contributed by atoms with Crippen molar-refractivity contribution in [3.8, 4) is 0 Å². The highest BCUT2D eigenvalue weighted by atomic mass is 35.5. The number of hydrogen-bond donors (Lipinski definition) is 1. The van der Waals surface area contributed by atoms with Crippen LogP contribution in [0.5, 0.6) is 0 Å². The number of aliphatic hydroxyl groups is 1. The van der Waals surface area contributed by atoms with Gasteiger partial charge in [-0.05, 0) is 24.1 Å². The second-order valence-electron chi connectivity index (χ2n) is 6.40. The maximum atomic E-state index is 10.3. The normalized spacial score (nSPS) is 21.8. The first kappa shape index (κ1) is 17.8. The lowest BCUT2D eigenvalue weighted by Gasteiger charge is -2.08. The molecule has 0 bridgehead atoms. The van der Waals surface area contributed by atoms with Gasteiger partial charge in [-0.25, -0.2) is 0 Å². The summed E-state index contributed by atoms with van der Waals surface area (Å²) in [4.78, 5) is 0. The van der Waals surface area contributed by atoms with Gasteiger partial charge < -0.3 is 9.84 Å². The number of ether oxygens (including phenoxy) is 1. The van der Waals surface area contributed by atoms with Crippen LogP contribution in [0.2, 0.25) is 5.02 Å². The summed E-state index contributed by atoms with van der Waals surface area (Å²) >= 11 is 5.96. The van der Waals surface area contributed by atoms with Gasteiger partial charge in [0.05, 0.1) is 6.10 Å². The summed E-state index contributed by atoms with van der Waals surface area (Å²) in [7, 11) is 0. The minimum Gasteiger partial charge on any atom is -0.386 e. The van der Waals surface area contributed by atoms with E-state index in [-0.39, 0.29) is 12.2 Å². The molecular formula is C19H29ClO2. The number of benzene rings is 1. The Hall–Kier alpha value is -0.570. The van der Waals surface area contributed by atoms with Gasteiger partial charge in [0, 0.05) is 5.02 Å². The number of epoxide rings is 1. The molecule has 0 aromatic heterocycles. The molecule has 0 spiro atoms. The highest BCUT2D eigenvalue weighted by Gasteiger charge is 2.44. The molecule has 2 nitrogen and oxygen atoms in total. The lowest BCUT2D eigenvalue weighted by molar-refractivity contribution is 0.137. The zero-order valence-corrected chi connectivity index (χ0v) is 14.4. The molecule has 0 radical (unpaired) electrons. The van der Waals surface area contributed by atoms with Crippen molar-refractivity contribution >= 4 is 11.6 Å². The average molecular weight is 325 g/mol. The van der Waals surface area contributed by atoms with Crippen molar-refractivity contribution < 1.29 is 9.84 Å². The summed E-state index contributed by atoms with van der Waals surface area (Å²) < 4.78 is 5.64. The standard InChI is InChI=1S/C19H29ClO2/c1-2-3-4-5-6-7-8-9-13-17-19(22-17)18(21)15-11-10-12-16(20)14-15/h10-12,14,17-19,21H,2-9,13H2,1H3/t17-,18-,19+/m1/s1. The summed E-state index contributed by atoms with van der Waals surface area (Å²) in [5.41, 5.74) is 0.857. The average Bonchev–Trinajstić information content (AvgIpc) is 3.29. The minimum atomic E-state index is -0.544. The van der Waals surface area contributed by atoms with Gasteiger partial charge in [-0.3, -0.25) is 0 Å². The summed E-state index contributed by atoms with van der Waals surface area (Å²) in [6.45, 7) is 2.25. The second-order valence-corrected chi connectivity index (χ2v) is 6.84. The first-order chi connectivity index (χ1) is 10.7. The van der Waals surface area contributed by atoms with Gasteiger partial charge in [0.2, 0.25) is 0 Å². The van der Waals surface area contributed by atoms with Crippen molar-refractivity contribution in [2.24, 2.45) is 0 Å². The number of hydrogen-bond acceptors (Lipinski definition) is 2. The minimum absolute atomic E-state index is 0.0389. The first-order valence-corrected chi connectivity index (χ1v) is 9.19. The molecule has 0 saturated carbocycles. The smallest absolute Gasteiger partial charge is 0.114 e. The van der Waals surface area contributed by atoms with Crippen molar-refractivity contribution in [1.82, 2.24) is 0 Å². The Morgan fingerprint density at radius 3 is 2.45 bits per heavy atom. The van der Waals surface area contributed by atoms with Crippen LogP contribution < -0.4 is 0 Å². The third-order valence-electron chi connectivity index (χ3n) is 4.47. The van der Waals surface area contributed by atoms with Crippen LogP contribution in [0.15, 0.2) is 24.3 Å². The molecule has 1 aliphatic rings. The molecule has 22 heavy (non-hydrogen) atoms. The van der Waals surface area contributed by atoms with E-state index in [1.165, 1.54) is 51.4 Å². The van der Waals surface area contributed by atoms with Crippen LogP contribution in [0, 0.1) is 0 Å². The maximum Gasteiger partial charge on any atom is 0.114 e. The van der Waals surface area contributed by atoms with Crippen molar-refractivity contribution in [2.75, 3.05) is 0 Å². The summed E-state index contributed by atoms with van der Waals surface area (Å²) in [5, 5.41) is 11.0. The van der Waals surface area contributed by atoms with Gasteiger partial charge >= 0.3 is 0 Å². The molecule has 0 unspecified atom stereocenters. The third-order valence-corrected chi connectivity index (χ3v) is 4.70. The van der Waals surface area contributed by atoms with E-state index in [1.807, 2.05) is 24.3 Å². The van der Waals surface area contributed by atoms with Crippen LogP contribution in [0.1, 0.15) is 76.4 Å². The van der Waals surface area contributed by atoms with Gasteiger partial charge in [-0.2, -0.15) is 0 Å². The van der Waals surface area contributed by atoms with Crippen LogP contribution in [0.4, 0.5) is 0 Å². The van der Waals surface area contributed by atoms with Crippen LogP contribution in [0.25, 0.3) is 0 Å². The number of rotatable bonds is 11. The summed E-state index contributed by atoms with van der Waals surface area (Å²) in [6.07, 6.45) is 11.3. The topological polar surface area (TPSA) is 32.8 Å². The molecule has 124 valence electrons. The van der Waals surface area contributed by atoms with Gasteiger partial charge in [0.15, 0.2) is 0 Å². The molecule has 0 aliphatic carbocycles. The van der Waals surface area contributed by atoms with Crippen LogP contribution in [0.3, 0.4) is 0 Å². The molecule has 1 heterocycles. The summed E-state index contributed by atoms with van der Waals surface area (Å²) in [5.74, 6) is 0. The van der Waals surface area contributed by atoms with Crippen molar-refractivity contribution in [3.05, 3.63) is 34.9 Å². The Balaban J connectivity index is 1.55. The molecule has 1 fully saturated rings. The van der Waals surface area contributed by atoms with Gasteiger partial charge in [-0.15, -0.1) is 0 Å². The zero-order valence-electron chi connectivity index (χ0n) is 13.6. The lowest BCUT2D eigenvalue weighted by Crippen LogP contribution is -2.08. The molecule has 1 aromatic rings. The largest absolute Gasteiger partial charge is 0.386 e. The quantitative estimate of drug-likeness (QED) is 0.420. The Labute approximate surface area is 139 Å². The zero-order chi connectivity index (χ0) is 15.8. The lowest BCUT2D eigenvalue weighted by atomic mass is 10.0. The number of halogens is 1. The van der Waals surface area contributed by atoms with Gasteiger partial charge in [0.1, 0.15) is 12.2 Å². The number of unbranched alkanes of at least 4 members (excludes halogenated alkanes) is 7. The van der Waals surface area contributed by atoms with E-state index in [0.29, 0.717) is 5.02 Å². The third kappa shape index (κ3) is 5.91. The predicted molar refractivity (Wildman–Crippen MR) is 92.3 cm³/mol. The Morgan fingerprint density at radius 2 is 1.77 bits per heavy atom. The van der Waals surface area contributed by atoms with E-state index in [9.17, 15) is 5.11 Å². The Bertz CT molecular complexity index is 435. The molecule has 0 amide bonds. The van der Waals surface area contributed by atoms with Crippen LogP contribution >= 0.6 is 11.6 Å². The molecule has 3 atom stereocenters. The Morgan fingerprint density at radius 1 is 1.09 bits per heavy atom. The van der Waals surface area contributed by atoms with Crippen LogP contribution in [-0.2, 0) is 4.74 Å². The van der Waals surface area contributed by atoms with Crippen molar-refractivity contribution in [2.45, 2.75) is 83.0 Å². The fourth-order valence-corrected chi connectivity index (χ4v) is 3.22. The van der Waals surface area contributed by atoms with Gasteiger partial charge in [0.25, 0.3) is 0 Å². The molecule has 3 heteroatoms. The fourth-order valence-electron chi connectivity index (χ4n) is 3.03. The Kier molecular flexibility index (Phi) is 7.71. The first-order valence-electron chi connectivity index (χ1n) is 8.81. The molecule has 1 aliphatic heterocycles. The highest BCUT2D eigenvalue weighted by molar-refractivity contribution is 6.30. The van der Waals surface area contributed by atoms with E-state index in [2.05, 4.69) is 6.92 Å². The van der Waals surface area contributed by atoms with Crippen molar-refractivity contribution in [3.63, 3.8) is 0 Å². The molecule has 1 saturated heterocycles. The molecule has 2 rings (SSSR count). The maximum absolute atomic E-state index is 10.3. The van der Waals surface area contributed by atoms with E-state index in [4.69, 9.17) is 16.3 Å². The van der Waals surface area contributed by atoms with E-state index >= 15 is 0 Å². The van der Waals surface area contributed by atoms with Crippen molar-refractivity contribution in [1.29, 1.82) is 0 Å². The number of aliphatic hydroxyl groups excluding tert-OH is 1. The van der Waals surface area contributed by atoms with E-state index in [0.717, 1.165) is 12.0 Å². The molecule has 1 aromatic carbocycles. The fraction of sp³-hybridized carbons (Fsp3) is 0.684. The van der Waals surface area contributed by atoms with Crippen LogP contribution in [-0.4, -0.2) is 17.3 Å². The van der Waals surface area contributed by atoms with E-state index < -0.39 is 6.10 Å². The highest BCUT2D eigenvalue weighted by Crippen LogP contribution is 2.37. The van der Waals surface area contributed by atoms with E-state index in [1.54, 1.807) is 0 Å². The second kappa shape index (κ2) is 9.54. The monoisotopic (exact) mass is 324 g/mol. The van der Waals surface area contributed by atoms with Gasteiger partial charge in [-0.1, -0.05) is 82.0 Å². The summed E-state index contributed by atoms with van der Waals surface area (Å²) in [6, 6.07) is 7.42. The molecule has 1 N–H and O–H groups in total. The SMILES string of the molecule is CCCCCCCCCC[C@H]1O[C@@H]1[C@H](O)c1cccc(Cl)c1. The molecular weight excluding hydrogens is 296 g/mol. The predicted octanol–water partition coefficient (Wildman–Crippen LogP) is 5.67.